The van der Waals surface area contributed by atoms with Crippen molar-refractivity contribution in [2.24, 2.45) is 0 Å². The zero-order valence-corrected chi connectivity index (χ0v) is 5.78. The molecule has 1 unspecified atom stereocenters. The van der Waals surface area contributed by atoms with Crippen molar-refractivity contribution in [3.8, 4) is 0 Å². The Labute approximate surface area is 59.4 Å². The fourth-order valence-electron chi connectivity index (χ4n) is 0.536. The molecule has 0 aliphatic heterocycles. The third kappa shape index (κ3) is 5.18. The summed E-state index contributed by atoms with van der Waals surface area (Å²) in [6, 6.07) is 0. The summed E-state index contributed by atoms with van der Waals surface area (Å²) >= 11 is 0. The zero-order chi connectivity index (χ0) is 7.98. The zero-order valence-electron chi connectivity index (χ0n) is 5.78. The van der Waals surface area contributed by atoms with Gasteiger partial charge in [-0.15, -0.1) is 0 Å². The van der Waals surface area contributed by atoms with Crippen LogP contribution >= 0.6 is 0 Å². The maximum Gasteiger partial charge on any atom is 0.142 e. The van der Waals surface area contributed by atoms with E-state index >= 15 is 0 Å². The van der Waals surface area contributed by atoms with Gasteiger partial charge in [0.25, 0.3) is 0 Å². The maximum absolute atomic E-state index is 10.3. The topological polar surface area (TPSA) is 54.4 Å². The second-order valence-corrected chi connectivity index (χ2v) is 1.99. The number of carbonyl (C=O) groups is 2. The van der Waals surface area contributed by atoms with Crippen molar-refractivity contribution in [1.82, 2.24) is 0 Å². The number of Topliss-reactive ketones (excluding diaryl/α,β-unsaturated/α-hetero) is 1. The van der Waals surface area contributed by atoms with Crippen molar-refractivity contribution < 1.29 is 14.7 Å². The summed E-state index contributed by atoms with van der Waals surface area (Å²) in [5, 5.41) is 8.88. The van der Waals surface area contributed by atoms with E-state index < -0.39 is 6.10 Å². The van der Waals surface area contributed by atoms with E-state index in [1.807, 2.05) is 0 Å². The first-order valence-corrected chi connectivity index (χ1v) is 2.96. The van der Waals surface area contributed by atoms with Crippen LogP contribution in [0, 0.1) is 0 Å². The fourth-order valence-corrected chi connectivity index (χ4v) is 0.536. The molecular formula is C7H10O3. The summed E-state index contributed by atoms with van der Waals surface area (Å²) in [4.78, 5) is 20.0. The van der Waals surface area contributed by atoms with Crippen LogP contribution in [-0.2, 0) is 9.59 Å². The lowest BCUT2D eigenvalue weighted by Crippen LogP contribution is -2.07. The van der Waals surface area contributed by atoms with E-state index in [1.165, 1.54) is 19.1 Å². The first-order chi connectivity index (χ1) is 4.66. The molecule has 3 nitrogen and oxygen atoms in total. The van der Waals surface area contributed by atoms with Crippen LogP contribution in [0.15, 0.2) is 12.2 Å². The van der Waals surface area contributed by atoms with Crippen LogP contribution in [0.25, 0.3) is 0 Å². The molecule has 0 aliphatic rings. The highest BCUT2D eigenvalue weighted by molar-refractivity contribution is 5.76. The highest BCUT2D eigenvalue weighted by Gasteiger charge is 2.00. The number of hydrogen-bond donors (Lipinski definition) is 1. The van der Waals surface area contributed by atoms with Crippen LogP contribution in [0.1, 0.15) is 13.3 Å². The molecule has 10 heavy (non-hydrogen) atoms. The van der Waals surface area contributed by atoms with Crippen LogP contribution in [0.2, 0.25) is 0 Å². The van der Waals surface area contributed by atoms with Gasteiger partial charge in [-0.3, -0.25) is 9.59 Å². The molecule has 0 rings (SSSR count). The van der Waals surface area contributed by atoms with Crippen LogP contribution in [0.5, 0.6) is 0 Å². The minimum absolute atomic E-state index is 0.0737. The average Bonchev–Trinajstić information content (AvgIpc) is 1.82. The largest absolute Gasteiger partial charge is 0.389 e. The van der Waals surface area contributed by atoms with Crippen LogP contribution in [0.4, 0.5) is 0 Å². The van der Waals surface area contributed by atoms with Gasteiger partial charge < -0.3 is 5.11 Å². The van der Waals surface area contributed by atoms with E-state index in [0.29, 0.717) is 6.29 Å². The quantitative estimate of drug-likeness (QED) is 0.446. The Morgan fingerprint density at radius 1 is 1.70 bits per heavy atom. The van der Waals surface area contributed by atoms with Crippen molar-refractivity contribution in [3.05, 3.63) is 12.2 Å². The summed E-state index contributed by atoms with van der Waals surface area (Å²) in [7, 11) is 0. The number of hydrogen-bond acceptors (Lipinski definition) is 3. The molecule has 1 N–H and O–H groups in total. The molecule has 0 saturated heterocycles. The summed E-state index contributed by atoms with van der Waals surface area (Å²) < 4.78 is 0. The van der Waals surface area contributed by atoms with Crippen LogP contribution < -0.4 is 0 Å². The first kappa shape index (κ1) is 9.04. The molecule has 0 aromatic carbocycles. The molecular weight excluding hydrogens is 132 g/mol. The van der Waals surface area contributed by atoms with Gasteiger partial charge in [0.15, 0.2) is 0 Å². The molecule has 0 heterocycles. The van der Waals surface area contributed by atoms with E-state index in [2.05, 4.69) is 0 Å². The summed E-state index contributed by atoms with van der Waals surface area (Å²) in [6.45, 7) is 1.39. The summed E-state index contributed by atoms with van der Waals surface area (Å²) in [5.74, 6) is -0.0944. The van der Waals surface area contributed by atoms with Gasteiger partial charge in [-0.1, -0.05) is 6.08 Å². The van der Waals surface area contributed by atoms with Gasteiger partial charge in [0.05, 0.1) is 6.10 Å². The maximum atomic E-state index is 10.3. The highest BCUT2D eigenvalue weighted by Crippen LogP contribution is 1.93. The van der Waals surface area contributed by atoms with Gasteiger partial charge in [-0.2, -0.15) is 0 Å². The van der Waals surface area contributed by atoms with Gasteiger partial charge in [0.2, 0.25) is 0 Å². The van der Waals surface area contributed by atoms with Crippen molar-refractivity contribution >= 4 is 12.1 Å². The van der Waals surface area contributed by atoms with E-state index in [9.17, 15) is 9.59 Å². The van der Waals surface area contributed by atoms with Crippen molar-refractivity contribution in [3.63, 3.8) is 0 Å². The number of carbonyl (C=O) groups excluding carboxylic acids is 2. The van der Waals surface area contributed by atoms with Gasteiger partial charge in [0.1, 0.15) is 12.1 Å². The van der Waals surface area contributed by atoms with Crippen molar-refractivity contribution in [2.45, 2.75) is 19.4 Å². The van der Waals surface area contributed by atoms with Gasteiger partial charge in [-0.05, 0) is 13.0 Å². The molecule has 0 aromatic rings. The van der Waals surface area contributed by atoms with Crippen LogP contribution in [-0.4, -0.2) is 23.3 Å². The Hall–Kier alpha value is -0.960. The van der Waals surface area contributed by atoms with E-state index in [-0.39, 0.29) is 12.2 Å². The standard InChI is InChI=1S/C7H10O3/c1-6(9)5-7(10)3-2-4-8/h2-4,7,10H,5H2,1H3. The molecule has 56 valence electrons. The number of allylic oxidation sites excluding steroid dienone is 1. The third-order valence-electron chi connectivity index (χ3n) is 0.908. The molecule has 1 atom stereocenters. The minimum Gasteiger partial charge on any atom is -0.389 e. The Morgan fingerprint density at radius 3 is 2.70 bits per heavy atom. The molecule has 0 aromatic heterocycles. The van der Waals surface area contributed by atoms with E-state index in [4.69, 9.17) is 5.11 Å². The first-order valence-electron chi connectivity index (χ1n) is 2.96. The SMILES string of the molecule is CC(=O)CC(O)C=CC=O. The summed E-state index contributed by atoms with van der Waals surface area (Å²) in [5.41, 5.74) is 0. The number of aliphatic hydroxyl groups is 1. The molecule has 3 heteroatoms. The second kappa shape index (κ2) is 4.88. The predicted molar refractivity (Wildman–Crippen MR) is 36.5 cm³/mol. The van der Waals surface area contributed by atoms with Crippen molar-refractivity contribution in [2.75, 3.05) is 0 Å². The van der Waals surface area contributed by atoms with E-state index in [0.717, 1.165) is 0 Å². The minimum atomic E-state index is -0.817. The normalized spacial score (nSPS) is 13.4. The van der Waals surface area contributed by atoms with E-state index in [1.54, 1.807) is 0 Å². The average molecular weight is 142 g/mol. The van der Waals surface area contributed by atoms with Gasteiger partial charge >= 0.3 is 0 Å². The Morgan fingerprint density at radius 2 is 2.30 bits per heavy atom. The molecule has 0 spiro atoms. The number of ketones is 1. The predicted octanol–water partition coefficient (Wildman–Crippen LogP) is 0.0815. The lowest BCUT2D eigenvalue weighted by atomic mass is 10.2. The second-order valence-electron chi connectivity index (χ2n) is 1.99. The Kier molecular flexibility index (Phi) is 4.41. The number of rotatable bonds is 4. The summed E-state index contributed by atoms with van der Waals surface area (Å²) in [6.07, 6.45) is 2.28. The third-order valence-corrected chi connectivity index (χ3v) is 0.908. The number of aliphatic hydroxyl groups excluding tert-OH is 1. The molecule has 0 bridgehead atoms. The molecule has 0 fully saturated rings. The Bertz CT molecular complexity index is 149. The highest BCUT2D eigenvalue weighted by atomic mass is 16.3. The lowest BCUT2D eigenvalue weighted by Gasteiger charge is -1.98. The smallest absolute Gasteiger partial charge is 0.142 e. The lowest BCUT2D eigenvalue weighted by molar-refractivity contribution is -0.118. The molecule has 0 radical (unpaired) electrons. The molecule has 0 saturated carbocycles. The Balaban J connectivity index is 3.62. The molecule has 0 amide bonds. The van der Waals surface area contributed by atoms with Gasteiger partial charge in [0, 0.05) is 6.42 Å². The van der Waals surface area contributed by atoms with Crippen LogP contribution in [0.3, 0.4) is 0 Å². The molecule has 0 aliphatic carbocycles. The number of aldehydes is 1. The van der Waals surface area contributed by atoms with Crippen molar-refractivity contribution in [1.29, 1.82) is 0 Å². The fraction of sp³-hybridized carbons (Fsp3) is 0.429. The van der Waals surface area contributed by atoms with Gasteiger partial charge in [-0.25, -0.2) is 0 Å². The monoisotopic (exact) mass is 142 g/mol.